The van der Waals surface area contributed by atoms with Crippen molar-refractivity contribution in [3.63, 3.8) is 0 Å². The van der Waals surface area contributed by atoms with Crippen molar-refractivity contribution >= 4 is 0 Å². The van der Waals surface area contributed by atoms with Crippen LogP contribution in [0.2, 0.25) is 0 Å². The molecule has 0 aliphatic heterocycles. The number of nitrogens with zero attached hydrogens (tertiary/aromatic N) is 2. The van der Waals surface area contributed by atoms with Crippen molar-refractivity contribution in [2.75, 3.05) is 7.11 Å². The third kappa shape index (κ3) is 2.09. The summed E-state index contributed by atoms with van der Waals surface area (Å²) < 4.78 is 5.12. The van der Waals surface area contributed by atoms with E-state index in [1.807, 2.05) is 24.3 Å². The van der Waals surface area contributed by atoms with Crippen LogP contribution in [-0.4, -0.2) is 22.3 Å². The van der Waals surface area contributed by atoms with E-state index in [-0.39, 0.29) is 6.04 Å². The molecule has 0 unspecified atom stereocenters. The molecular formula is C13H16N4O. The van der Waals surface area contributed by atoms with E-state index in [4.69, 9.17) is 10.5 Å². The van der Waals surface area contributed by atoms with Crippen LogP contribution in [0.3, 0.4) is 0 Å². The highest BCUT2D eigenvalue weighted by Crippen LogP contribution is 2.38. The van der Waals surface area contributed by atoms with E-state index in [0.717, 1.165) is 17.1 Å². The van der Waals surface area contributed by atoms with Gasteiger partial charge < -0.3 is 10.5 Å². The third-order valence-electron chi connectivity index (χ3n) is 3.24. The maximum atomic E-state index is 6.16. The monoisotopic (exact) mass is 244 g/mol. The van der Waals surface area contributed by atoms with E-state index in [0.29, 0.717) is 11.7 Å². The predicted octanol–water partition coefficient (Wildman–Crippen LogP) is 1.74. The number of nitrogens with one attached hydrogen (secondary N) is 1. The van der Waals surface area contributed by atoms with E-state index in [9.17, 15) is 0 Å². The Morgan fingerprint density at radius 2 is 2.06 bits per heavy atom. The molecule has 1 fully saturated rings. The lowest BCUT2D eigenvalue weighted by atomic mass is 10.1. The van der Waals surface area contributed by atoms with Gasteiger partial charge in [-0.3, -0.25) is 5.10 Å². The molecule has 5 heteroatoms. The minimum atomic E-state index is -0.292. The summed E-state index contributed by atoms with van der Waals surface area (Å²) in [6.45, 7) is 0. The van der Waals surface area contributed by atoms with E-state index in [1.165, 1.54) is 12.8 Å². The van der Waals surface area contributed by atoms with Crippen molar-refractivity contribution in [2.24, 2.45) is 5.73 Å². The second-order valence-corrected chi connectivity index (χ2v) is 4.60. The highest BCUT2D eigenvalue weighted by molar-refractivity contribution is 5.31. The quantitative estimate of drug-likeness (QED) is 0.858. The molecule has 1 aromatic carbocycles. The number of H-pyrrole nitrogens is 1. The molecule has 18 heavy (non-hydrogen) atoms. The van der Waals surface area contributed by atoms with Gasteiger partial charge in [-0.05, 0) is 30.5 Å². The second kappa shape index (κ2) is 4.42. The van der Waals surface area contributed by atoms with E-state index >= 15 is 0 Å². The standard InChI is InChI=1S/C13H16N4O/c1-18-10-6-4-8(5-7-10)11(14)13-15-12(16-17-13)9-2-3-9/h4-7,9,11H,2-3,14H2,1H3,(H,15,16,17)/t11-/m1/s1. The molecule has 0 radical (unpaired) electrons. The van der Waals surface area contributed by atoms with Gasteiger partial charge >= 0.3 is 0 Å². The van der Waals surface area contributed by atoms with Crippen molar-refractivity contribution in [1.29, 1.82) is 0 Å². The Hall–Kier alpha value is -1.88. The van der Waals surface area contributed by atoms with Gasteiger partial charge in [-0.2, -0.15) is 5.10 Å². The van der Waals surface area contributed by atoms with Crippen molar-refractivity contribution in [3.8, 4) is 5.75 Å². The van der Waals surface area contributed by atoms with Crippen LogP contribution in [0.4, 0.5) is 0 Å². The lowest BCUT2D eigenvalue weighted by molar-refractivity contribution is 0.414. The van der Waals surface area contributed by atoms with Crippen LogP contribution in [0.5, 0.6) is 5.75 Å². The number of rotatable bonds is 4. The molecule has 2 aromatic rings. The Balaban J connectivity index is 1.80. The molecule has 1 aliphatic carbocycles. The second-order valence-electron chi connectivity index (χ2n) is 4.60. The molecule has 1 heterocycles. The number of ether oxygens (including phenoxy) is 1. The first-order valence-electron chi connectivity index (χ1n) is 6.09. The van der Waals surface area contributed by atoms with Gasteiger partial charge in [-0.15, -0.1) is 0 Å². The summed E-state index contributed by atoms with van der Waals surface area (Å²) in [7, 11) is 1.64. The Labute approximate surface area is 105 Å². The fraction of sp³-hybridized carbons (Fsp3) is 0.385. The van der Waals surface area contributed by atoms with Gasteiger partial charge in [-0.1, -0.05) is 12.1 Å². The Morgan fingerprint density at radius 1 is 1.33 bits per heavy atom. The van der Waals surface area contributed by atoms with Gasteiger partial charge in [0.1, 0.15) is 11.6 Å². The Kier molecular flexibility index (Phi) is 2.76. The van der Waals surface area contributed by atoms with Crippen LogP contribution in [-0.2, 0) is 0 Å². The first-order chi connectivity index (χ1) is 8.78. The molecule has 0 amide bonds. The van der Waals surface area contributed by atoms with E-state index in [1.54, 1.807) is 7.11 Å². The number of hydrogen-bond acceptors (Lipinski definition) is 4. The van der Waals surface area contributed by atoms with Crippen molar-refractivity contribution in [3.05, 3.63) is 41.5 Å². The fourth-order valence-corrected chi connectivity index (χ4v) is 1.93. The number of benzene rings is 1. The molecule has 5 nitrogen and oxygen atoms in total. The molecule has 3 rings (SSSR count). The van der Waals surface area contributed by atoms with Crippen LogP contribution in [0.15, 0.2) is 24.3 Å². The van der Waals surface area contributed by atoms with Crippen LogP contribution in [0, 0.1) is 0 Å². The zero-order valence-electron chi connectivity index (χ0n) is 10.3. The van der Waals surface area contributed by atoms with E-state index < -0.39 is 0 Å². The summed E-state index contributed by atoms with van der Waals surface area (Å²) in [6, 6.07) is 7.38. The first-order valence-corrected chi connectivity index (χ1v) is 6.09. The lowest BCUT2D eigenvalue weighted by Crippen LogP contribution is -2.13. The van der Waals surface area contributed by atoms with Crippen molar-refractivity contribution in [1.82, 2.24) is 15.2 Å². The van der Waals surface area contributed by atoms with Gasteiger partial charge in [-0.25, -0.2) is 4.98 Å². The summed E-state index contributed by atoms with van der Waals surface area (Å²) in [6.07, 6.45) is 2.40. The smallest absolute Gasteiger partial charge is 0.171 e. The zero-order chi connectivity index (χ0) is 12.5. The fourth-order valence-electron chi connectivity index (χ4n) is 1.93. The number of hydrogen-bond donors (Lipinski definition) is 2. The van der Waals surface area contributed by atoms with Crippen LogP contribution < -0.4 is 10.5 Å². The molecular weight excluding hydrogens is 228 g/mol. The number of methoxy groups -OCH3 is 1. The van der Waals surface area contributed by atoms with Crippen LogP contribution in [0.1, 0.15) is 42.0 Å². The summed E-state index contributed by atoms with van der Waals surface area (Å²) in [5.74, 6) is 3.00. The zero-order valence-corrected chi connectivity index (χ0v) is 10.3. The maximum absolute atomic E-state index is 6.16. The topological polar surface area (TPSA) is 76.8 Å². The summed E-state index contributed by atoms with van der Waals surface area (Å²) in [4.78, 5) is 4.47. The maximum Gasteiger partial charge on any atom is 0.171 e. The number of aromatic amines is 1. The summed E-state index contributed by atoms with van der Waals surface area (Å²) >= 11 is 0. The van der Waals surface area contributed by atoms with Crippen LogP contribution >= 0.6 is 0 Å². The molecule has 0 spiro atoms. The number of aromatic nitrogens is 3. The summed E-state index contributed by atoms with van der Waals surface area (Å²) in [5, 5.41) is 7.18. The molecule has 1 aromatic heterocycles. The van der Waals surface area contributed by atoms with Gasteiger partial charge in [0.2, 0.25) is 0 Å². The molecule has 1 saturated carbocycles. The number of nitrogens with two attached hydrogens (primary N) is 1. The van der Waals surface area contributed by atoms with Gasteiger partial charge in [0.25, 0.3) is 0 Å². The highest BCUT2D eigenvalue weighted by atomic mass is 16.5. The molecule has 1 aliphatic rings. The Morgan fingerprint density at radius 3 is 2.67 bits per heavy atom. The van der Waals surface area contributed by atoms with Crippen LogP contribution in [0.25, 0.3) is 0 Å². The molecule has 0 saturated heterocycles. The average molecular weight is 244 g/mol. The molecule has 1 atom stereocenters. The average Bonchev–Trinajstić information content (AvgIpc) is 3.16. The summed E-state index contributed by atoms with van der Waals surface area (Å²) in [5.41, 5.74) is 7.14. The minimum absolute atomic E-state index is 0.292. The van der Waals surface area contributed by atoms with E-state index in [2.05, 4.69) is 15.2 Å². The SMILES string of the molecule is COc1ccc([C@@H](N)c2n[nH]c(C3CC3)n2)cc1. The normalized spacial score (nSPS) is 16.6. The van der Waals surface area contributed by atoms with Gasteiger partial charge in [0.15, 0.2) is 5.82 Å². The largest absolute Gasteiger partial charge is 0.497 e. The predicted molar refractivity (Wildman–Crippen MR) is 67.4 cm³/mol. The first kappa shape index (κ1) is 11.2. The highest BCUT2D eigenvalue weighted by Gasteiger charge is 2.28. The molecule has 3 N–H and O–H groups in total. The molecule has 94 valence electrons. The minimum Gasteiger partial charge on any atom is -0.497 e. The molecule has 0 bridgehead atoms. The lowest BCUT2D eigenvalue weighted by Gasteiger charge is -2.08. The van der Waals surface area contributed by atoms with Crippen molar-refractivity contribution in [2.45, 2.75) is 24.8 Å². The Bertz CT molecular complexity index is 530. The van der Waals surface area contributed by atoms with Gasteiger partial charge in [0, 0.05) is 5.92 Å². The third-order valence-corrected chi connectivity index (χ3v) is 3.24. The van der Waals surface area contributed by atoms with Gasteiger partial charge in [0.05, 0.1) is 13.2 Å². The van der Waals surface area contributed by atoms with Crippen molar-refractivity contribution < 1.29 is 4.74 Å².